The van der Waals surface area contributed by atoms with Crippen LogP contribution >= 0.6 is 11.6 Å². The van der Waals surface area contributed by atoms with E-state index in [0.29, 0.717) is 31.1 Å². The molecule has 7 heteroatoms. The highest BCUT2D eigenvalue weighted by molar-refractivity contribution is 6.30. The van der Waals surface area contributed by atoms with Crippen molar-refractivity contribution in [1.82, 2.24) is 10.2 Å². The summed E-state index contributed by atoms with van der Waals surface area (Å²) in [5, 5.41) is 3.52. The molecule has 0 spiro atoms. The number of nitrogens with one attached hydrogen (secondary N) is 1. The lowest BCUT2D eigenvalue weighted by Gasteiger charge is -2.29. The van der Waals surface area contributed by atoms with Gasteiger partial charge in [0, 0.05) is 24.5 Å². The average molecular weight is 461 g/mol. The van der Waals surface area contributed by atoms with Crippen molar-refractivity contribution in [1.29, 1.82) is 0 Å². The molecule has 0 aromatic heterocycles. The number of ether oxygens (including phenoxy) is 2. The maximum absolute atomic E-state index is 13.0. The quantitative estimate of drug-likeness (QED) is 0.434. The van der Waals surface area contributed by atoms with E-state index in [1.54, 1.807) is 25.0 Å². The van der Waals surface area contributed by atoms with Crippen LogP contribution < -0.4 is 14.8 Å². The molecule has 32 heavy (non-hydrogen) atoms. The summed E-state index contributed by atoms with van der Waals surface area (Å²) >= 11 is 6.11. The third-order valence-electron chi connectivity index (χ3n) is 5.10. The molecule has 1 N–H and O–H groups in total. The second-order valence-corrected chi connectivity index (χ2v) is 8.04. The van der Waals surface area contributed by atoms with Gasteiger partial charge in [-0.05, 0) is 61.7 Å². The van der Waals surface area contributed by atoms with Crippen LogP contribution in [-0.4, -0.2) is 43.0 Å². The number of hydrogen-bond acceptors (Lipinski definition) is 4. The fourth-order valence-electron chi connectivity index (χ4n) is 3.18. The number of amides is 2. The molecular weight excluding hydrogens is 428 g/mol. The third-order valence-corrected chi connectivity index (χ3v) is 5.34. The molecule has 0 aliphatic heterocycles. The second kappa shape index (κ2) is 13.6. The van der Waals surface area contributed by atoms with Crippen molar-refractivity contribution in [2.24, 2.45) is 0 Å². The smallest absolute Gasteiger partial charge is 0.242 e. The lowest BCUT2D eigenvalue weighted by atomic mass is 10.1. The first-order chi connectivity index (χ1) is 15.4. The van der Waals surface area contributed by atoms with E-state index in [1.165, 1.54) is 0 Å². The van der Waals surface area contributed by atoms with E-state index in [-0.39, 0.29) is 18.2 Å². The van der Waals surface area contributed by atoms with Crippen LogP contribution in [0.15, 0.2) is 48.5 Å². The summed E-state index contributed by atoms with van der Waals surface area (Å²) in [6.45, 7) is 5.16. The van der Waals surface area contributed by atoms with Gasteiger partial charge in [0.05, 0.1) is 13.7 Å². The van der Waals surface area contributed by atoms with E-state index >= 15 is 0 Å². The molecule has 0 aliphatic carbocycles. The number of nitrogens with zero attached hydrogens (tertiary/aromatic N) is 1. The van der Waals surface area contributed by atoms with Crippen LogP contribution in [0.5, 0.6) is 11.5 Å². The Labute approximate surface area is 195 Å². The number of carbonyl (C=O) groups is 2. The summed E-state index contributed by atoms with van der Waals surface area (Å²) in [5.41, 5.74) is 0.883. The van der Waals surface area contributed by atoms with Crippen molar-refractivity contribution < 1.29 is 19.1 Å². The predicted molar refractivity (Wildman–Crippen MR) is 127 cm³/mol. The van der Waals surface area contributed by atoms with Crippen LogP contribution in [0.4, 0.5) is 0 Å². The van der Waals surface area contributed by atoms with Crippen LogP contribution in [0.25, 0.3) is 0 Å². The monoisotopic (exact) mass is 460 g/mol. The molecule has 0 saturated heterocycles. The fraction of sp³-hybridized carbons (Fsp3) is 0.440. The molecule has 0 radical (unpaired) electrons. The van der Waals surface area contributed by atoms with E-state index in [2.05, 4.69) is 12.2 Å². The molecular formula is C25H33ClN2O4. The van der Waals surface area contributed by atoms with Gasteiger partial charge in [-0.15, -0.1) is 0 Å². The molecule has 0 heterocycles. The molecule has 2 rings (SSSR count). The molecule has 0 unspecified atom stereocenters. The first-order valence-corrected chi connectivity index (χ1v) is 11.4. The standard InChI is InChI=1S/C25H33ClN2O4/c1-4-5-15-27-25(30)19(2)28(18-20-8-6-9-21(26)17-20)24(29)10-7-16-32-23-13-11-22(31-3)12-14-23/h6,8-9,11-14,17,19H,4-5,7,10,15-16,18H2,1-3H3,(H,27,30)/t19-/m0/s1. The van der Waals surface area contributed by atoms with Gasteiger partial charge < -0.3 is 19.7 Å². The maximum Gasteiger partial charge on any atom is 0.242 e. The summed E-state index contributed by atoms with van der Waals surface area (Å²) in [6, 6.07) is 14.1. The Balaban J connectivity index is 1.96. The Morgan fingerprint density at radius 3 is 2.47 bits per heavy atom. The van der Waals surface area contributed by atoms with Gasteiger partial charge in [-0.2, -0.15) is 0 Å². The van der Waals surface area contributed by atoms with Crippen molar-refractivity contribution in [2.75, 3.05) is 20.3 Å². The number of rotatable bonds is 13. The van der Waals surface area contributed by atoms with Gasteiger partial charge in [0.1, 0.15) is 17.5 Å². The van der Waals surface area contributed by atoms with Gasteiger partial charge in [-0.25, -0.2) is 0 Å². The van der Waals surface area contributed by atoms with Crippen molar-refractivity contribution in [3.05, 3.63) is 59.1 Å². The molecule has 6 nitrogen and oxygen atoms in total. The predicted octanol–water partition coefficient (Wildman–Crippen LogP) is 4.84. The van der Waals surface area contributed by atoms with Gasteiger partial charge in [0.15, 0.2) is 0 Å². The van der Waals surface area contributed by atoms with Gasteiger partial charge in [-0.1, -0.05) is 37.1 Å². The molecule has 0 fully saturated rings. The Bertz CT molecular complexity index is 857. The Kier molecular flexibility index (Phi) is 10.9. The maximum atomic E-state index is 13.0. The third kappa shape index (κ3) is 8.42. The van der Waals surface area contributed by atoms with Gasteiger partial charge in [-0.3, -0.25) is 9.59 Å². The number of hydrogen-bond donors (Lipinski definition) is 1. The zero-order valence-electron chi connectivity index (χ0n) is 19.1. The zero-order valence-corrected chi connectivity index (χ0v) is 19.9. The minimum absolute atomic E-state index is 0.0959. The summed E-state index contributed by atoms with van der Waals surface area (Å²) in [4.78, 5) is 27.3. The molecule has 0 bridgehead atoms. The van der Waals surface area contributed by atoms with Crippen molar-refractivity contribution in [2.45, 2.75) is 52.1 Å². The molecule has 2 aromatic rings. The van der Waals surface area contributed by atoms with Gasteiger partial charge in [0.2, 0.25) is 11.8 Å². The van der Waals surface area contributed by atoms with E-state index < -0.39 is 6.04 Å². The van der Waals surface area contributed by atoms with E-state index in [4.69, 9.17) is 21.1 Å². The Morgan fingerprint density at radius 2 is 1.81 bits per heavy atom. The normalized spacial score (nSPS) is 11.5. The highest BCUT2D eigenvalue weighted by Gasteiger charge is 2.25. The topological polar surface area (TPSA) is 67.9 Å². The van der Waals surface area contributed by atoms with Crippen molar-refractivity contribution >= 4 is 23.4 Å². The zero-order chi connectivity index (χ0) is 23.3. The van der Waals surface area contributed by atoms with Crippen LogP contribution in [0.3, 0.4) is 0 Å². The Morgan fingerprint density at radius 1 is 1.09 bits per heavy atom. The lowest BCUT2D eigenvalue weighted by molar-refractivity contribution is -0.140. The van der Waals surface area contributed by atoms with Crippen LogP contribution in [0, 0.1) is 0 Å². The fourth-order valence-corrected chi connectivity index (χ4v) is 3.39. The highest BCUT2D eigenvalue weighted by Crippen LogP contribution is 2.18. The largest absolute Gasteiger partial charge is 0.497 e. The molecule has 2 aromatic carbocycles. The molecule has 2 amide bonds. The molecule has 0 aliphatic rings. The summed E-state index contributed by atoms with van der Waals surface area (Å²) in [7, 11) is 1.61. The van der Waals surface area contributed by atoms with E-state index in [9.17, 15) is 9.59 Å². The van der Waals surface area contributed by atoms with E-state index in [1.807, 2.05) is 42.5 Å². The van der Waals surface area contributed by atoms with Crippen LogP contribution in [0.1, 0.15) is 45.1 Å². The first-order valence-electron chi connectivity index (χ1n) is 11.0. The van der Waals surface area contributed by atoms with E-state index in [0.717, 1.165) is 29.9 Å². The number of methoxy groups -OCH3 is 1. The number of carbonyl (C=O) groups excluding carboxylic acids is 2. The summed E-state index contributed by atoms with van der Waals surface area (Å²) in [5.74, 6) is 1.23. The number of unbranched alkanes of at least 4 members (excludes halogenated alkanes) is 1. The van der Waals surface area contributed by atoms with Crippen LogP contribution in [-0.2, 0) is 16.1 Å². The SMILES string of the molecule is CCCCNC(=O)[C@H](C)N(Cc1cccc(Cl)c1)C(=O)CCCOc1ccc(OC)cc1. The Hall–Kier alpha value is -2.73. The average Bonchev–Trinajstić information content (AvgIpc) is 2.80. The first kappa shape index (κ1) is 25.5. The lowest BCUT2D eigenvalue weighted by Crippen LogP contribution is -2.47. The minimum atomic E-state index is -0.583. The molecule has 0 saturated carbocycles. The van der Waals surface area contributed by atoms with Crippen molar-refractivity contribution in [3.63, 3.8) is 0 Å². The number of halogens is 1. The molecule has 1 atom stereocenters. The highest BCUT2D eigenvalue weighted by atomic mass is 35.5. The minimum Gasteiger partial charge on any atom is -0.497 e. The molecule has 174 valence electrons. The van der Waals surface area contributed by atoms with Gasteiger partial charge >= 0.3 is 0 Å². The summed E-state index contributed by atoms with van der Waals surface area (Å²) < 4.78 is 10.9. The van der Waals surface area contributed by atoms with Gasteiger partial charge in [0.25, 0.3) is 0 Å². The number of benzene rings is 2. The second-order valence-electron chi connectivity index (χ2n) is 7.60. The van der Waals surface area contributed by atoms with Crippen molar-refractivity contribution in [3.8, 4) is 11.5 Å². The van der Waals surface area contributed by atoms with Crippen LogP contribution in [0.2, 0.25) is 5.02 Å². The summed E-state index contributed by atoms with van der Waals surface area (Å²) in [6.07, 6.45) is 2.72.